The second-order valence-corrected chi connectivity index (χ2v) is 12.2. The van der Waals surface area contributed by atoms with Crippen LogP contribution in [0.2, 0.25) is 5.02 Å². The zero-order valence-electron chi connectivity index (χ0n) is 26.0. The van der Waals surface area contributed by atoms with Gasteiger partial charge in [0.1, 0.15) is 24.0 Å². The van der Waals surface area contributed by atoms with Gasteiger partial charge in [-0.2, -0.15) is 0 Å². The van der Waals surface area contributed by atoms with Crippen molar-refractivity contribution in [3.63, 3.8) is 0 Å². The van der Waals surface area contributed by atoms with Crippen molar-refractivity contribution in [3.05, 3.63) is 76.8 Å². The maximum atomic E-state index is 13.4. The van der Waals surface area contributed by atoms with Gasteiger partial charge in [0.25, 0.3) is 0 Å². The highest BCUT2D eigenvalue weighted by Gasteiger charge is 2.47. The Morgan fingerprint density at radius 2 is 1.78 bits per heavy atom. The van der Waals surface area contributed by atoms with Gasteiger partial charge in [-0.15, -0.1) is 0 Å². The number of hydrogen-bond acceptors (Lipinski definition) is 8. The second kappa shape index (κ2) is 15.9. The fourth-order valence-electron chi connectivity index (χ4n) is 5.30. The van der Waals surface area contributed by atoms with Crippen molar-refractivity contribution < 1.29 is 38.1 Å². The van der Waals surface area contributed by atoms with Gasteiger partial charge in [-0.3, -0.25) is 14.4 Å². The Hall–Kier alpha value is -3.89. The van der Waals surface area contributed by atoms with E-state index >= 15 is 0 Å². The summed E-state index contributed by atoms with van der Waals surface area (Å²) in [6, 6.07) is 13.9. The van der Waals surface area contributed by atoms with Crippen LogP contribution in [0.25, 0.3) is 0 Å². The van der Waals surface area contributed by atoms with Crippen LogP contribution >= 0.6 is 11.6 Å². The van der Waals surface area contributed by atoms with E-state index in [0.29, 0.717) is 16.3 Å². The number of rotatable bonds is 8. The number of amides is 2. The van der Waals surface area contributed by atoms with Gasteiger partial charge in [-0.25, -0.2) is 4.79 Å². The molecule has 0 radical (unpaired) electrons. The number of methoxy groups -OCH3 is 1. The van der Waals surface area contributed by atoms with E-state index in [-0.39, 0.29) is 56.3 Å². The van der Waals surface area contributed by atoms with E-state index in [1.54, 1.807) is 24.3 Å². The molecule has 2 amide bonds. The van der Waals surface area contributed by atoms with Gasteiger partial charge in [0, 0.05) is 25.3 Å². The van der Waals surface area contributed by atoms with Crippen molar-refractivity contribution in [2.45, 2.75) is 76.9 Å². The minimum Gasteiger partial charge on any atom is -0.495 e. The topological polar surface area (TPSA) is 133 Å². The van der Waals surface area contributed by atoms with Gasteiger partial charge in [-0.05, 0) is 41.7 Å². The van der Waals surface area contributed by atoms with Crippen LogP contribution in [-0.4, -0.2) is 61.8 Å². The third-order valence-electron chi connectivity index (χ3n) is 7.80. The van der Waals surface area contributed by atoms with Gasteiger partial charge in [0.05, 0.1) is 24.7 Å². The normalized spacial score (nSPS) is 26.2. The van der Waals surface area contributed by atoms with Crippen LogP contribution in [0.4, 0.5) is 0 Å². The predicted molar refractivity (Wildman–Crippen MR) is 167 cm³/mol. The lowest BCUT2D eigenvalue weighted by molar-refractivity contribution is -0.174. The lowest BCUT2D eigenvalue weighted by Crippen LogP contribution is -2.48. The molecule has 45 heavy (non-hydrogen) atoms. The van der Waals surface area contributed by atoms with E-state index in [1.807, 2.05) is 51.1 Å². The molecule has 6 atom stereocenters. The summed E-state index contributed by atoms with van der Waals surface area (Å²) in [6.45, 7) is 5.72. The molecule has 1 saturated heterocycles. The number of hydrogen-bond donors (Lipinski definition) is 2. The number of ether oxygens (including phenoxy) is 4. The number of halogens is 1. The molecule has 0 spiro atoms. The first-order chi connectivity index (χ1) is 21.5. The molecule has 10 nitrogen and oxygen atoms in total. The molecule has 2 heterocycles. The van der Waals surface area contributed by atoms with Crippen LogP contribution < -0.4 is 15.4 Å². The molecule has 2 aromatic carbocycles. The molecule has 0 aliphatic carbocycles. The van der Waals surface area contributed by atoms with Crippen LogP contribution in [0.3, 0.4) is 0 Å². The quantitative estimate of drug-likeness (QED) is 0.319. The van der Waals surface area contributed by atoms with Crippen LogP contribution in [0.5, 0.6) is 5.75 Å². The van der Waals surface area contributed by atoms with Gasteiger partial charge in [0.15, 0.2) is 6.10 Å². The Morgan fingerprint density at radius 1 is 1.02 bits per heavy atom. The molecule has 2 aliphatic heterocycles. The number of benzene rings is 2. The van der Waals surface area contributed by atoms with E-state index in [1.165, 1.54) is 13.2 Å². The molecular weight excluding hydrogens is 600 g/mol. The van der Waals surface area contributed by atoms with E-state index in [2.05, 4.69) is 10.6 Å². The molecule has 11 heteroatoms. The fraction of sp³-hybridized carbons (Fsp3) is 0.471. The number of nitrogens with one attached hydrogen (secondary N) is 2. The minimum absolute atomic E-state index is 0.0431. The van der Waals surface area contributed by atoms with Gasteiger partial charge >= 0.3 is 11.9 Å². The number of carbonyl (C=O) groups is 4. The smallest absolute Gasteiger partial charge is 0.347 e. The first-order valence-corrected chi connectivity index (χ1v) is 15.6. The Balaban J connectivity index is 1.55. The van der Waals surface area contributed by atoms with Crippen molar-refractivity contribution in [3.8, 4) is 5.75 Å². The molecule has 2 aromatic rings. The van der Waals surface area contributed by atoms with Crippen molar-refractivity contribution in [2.75, 3.05) is 13.7 Å². The molecule has 1 fully saturated rings. The Bertz CT molecular complexity index is 1380. The van der Waals surface area contributed by atoms with Crippen LogP contribution in [0, 0.1) is 11.8 Å². The Labute approximate surface area is 268 Å². The van der Waals surface area contributed by atoms with E-state index in [0.717, 1.165) is 5.56 Å². The van der Waals surface area contributed by atoms with E-state index in [4.69, 9.17) is 30.5 Å². The summed E-state index contributed by atoms with van der Waals surface area (Å²) in [7, 11) is 1.50. The predicted octanol–water partition coefficient (Wildman–Crippen LogP) is 4.49. The average molecular weight is 641 g/mol. The number of carbonyl (C=O) groups excluding carboxylic acids is 4. The standard InChI is InChI=1S/C34H41ClN2O8/c1-20(2)17-28-34(41)44-26(21(3)31-32(45-31)23-9-6-5-7-10-23)11-8-12-29(38)37-25(33(40)36-16-15-30(39)43-28)19-22-13-14-27(42-4)24(35)18-22/h5-10,12-14,18,20-21,25-26,28,31-32H,11,15-17,19H2,1-4H3,(H,36,40)(H,37,38)/b12-8+/t21-,25+,26-,28+,31?,32?/m0/s1. The fourth-order valence-corrected chi connectivity index (χ4v) is 5.58. The first kappa shape index (κ1) is 34.0. The van der Waals surface area contributed by atoms with Crippen LogP contribution in [0.1, 0.15) is 57.3 Å². The van der Waals surface area contributed by atoms with Crippen molar-refractivity contribution in [2.24, 2.45) is 11.8 Å². The summed E-state index contributed by atoms with van der Waals surface area (Å²) in [6.07, 6.45) is 1.28. The molecular formula is C34H41ClN2O8. The lowest BCUT2D eigenvalue weighted by atomic mass is 9.93. The minimum atomic E-state index is -1.11. The summed E-state index contributed by atoms with van der Waals surface area (Å²) in [4.78, 5) is 52.3. The average Bonchev–Trinajstić information content (AvgIpc) is 3.80. The third-order valence-corrected chi connectivity index (χ3v) is 8.10. The number of epoxide rings is 1. The van der Waals surface area contributed by atoms with E-state index < -0.39 is 42.0 Å². The molecule has 0 aromatic heterocycles. The van der Waals surface area contributed by atoms with Gasteiger partial charge in [0.2, 0.25) is 11.8 Å². The largest absolute Gasteiger partial charge is 0.495 e. The zero-order chi connectivity index (χ0) is 32.5. The highest BCUT2D eigenvalue weighted by Crippen LogP contribution is 2.45. The zero-order valence-corrected chi connectivity index (χ0v) is 26.8. The first-order valence-electron chi connectivity index (χ1n) is 15.2. The summed E-state index contributed by atoms with van der Waals surface area (Å²) in [5.74, 6) is -1.99. The molecule has 0 saturated carbocycles. The monoisotopic (exact) mass is 640 g/mol. The van der Waals surface area contributed by atoms with Crippen LogP contribution in [0.15, 0.2) is 60.7 Å². The van der Waals surface area contributed by atoms with Gasteiger partial charge < -0.3 is 29.6 Å². The van der Waals surface area contributed by atoms with Crippen molar-refractivity contribution >= 4 is 35.4 Å². The van der Waals surface area contributed by atoms with Crippen LogP contribution in [-0.2, 0) is 39.8 Å². The molecule has 4 rings (SSSR count). The highest BCUT2D eigenvalue weighted by atomic mass is 35.5. The SMILES string of the molecule is COc1ccc(C[C@H]2NC(=O)/C=C/C[C@@H]([C@H](C)C3OC3c3ccccc3)OC(=O)[C@@H](CC(C)C)OC(=O)CCNC2=O)cc1Cl. The molecule has 2 aliphatic rings. The molecule has 242 valence electrons. The summed E-state index contributed by atoms with van der Waals surface area (Å²) in [5, 5.41) is 5.80. The maximum absolute atomic E-state index is 13.4. The van der Waals surface area contributed by atoms with E-state index in [9.17, 15) is 19.2 Å². The summed E-state index contributed by atoms with van der Waals surface area (Å²) >= 11 is 6.28. The number of esters is 2. The molecule has 0 bridgehead atoms. The molecule has 2 N–H and O–H groups in total. The Morgan fingerprint density at radius 3 is 2.47 bits per heavy atom. The summed E-state index contributed by atoms with van der Waals surface area (Å²) < 4.78 is 22.7. The second-order valence-electron chi connectivity index (χ2n) is 11.8. The van der Waals surface area contributed by atoms with Crippen molar-refractivity contribution in [1.29, 1.82) is 0 Å². The number of cyclic esters (lactones) is 2. The van der Waals surface area contributed by atoms with Gasteiger partial charge in [-0.1, -0.05) is 74.8 Å². The third kappa shape index (κ3) is 9.80. The maximum Gasteiger partial charge on any atom is 0.347 e. The highest BCUT2D eigenvalue weighted by molar-refractivity contribution is 6.32. The molecule has 2 unspecified atom stereocenters. The van der Waals surface area contributed by atoms with Crippen molar-refractivity contribution in [1.82, 2.24) is 10.6 Å². The Kier molecular flexibility index (Phi) is 12.0. The lowest BCUT2D eigenvalue weighted by Gasteiger charge is -2.26. The summed E-state index contributed by atoms with van der Waals surface area (Å²) in [5.41, 5.74) is 1.73.